The van der Waals surface area contributed by atoms with E-state index in [1.54, 1.807) is 49.4 Å². The van der Waals surface area contributed by atoms with E-state index in [1.807, 2.05) is 12.1 Å². The molecule has 0 aromatic heterocycles. The molecule has 2 aromatic carbocycles. The van der Waals surface area contributed by atoms with Gasteiger partial charge in [0.05, 0.1) is 10.6 Å². The minimum atomic E-state index is -3.32. The number of amides is 1. The molecule has 0 saturated heterocycles. The van der Waals surface area contributed by atoms with Crippen molar-refractivity contribution in [3.63, 3.8) is 0 Å². The molecular formula is C18H20BrNO4S. The van der Waals surface area contributed by atoms with Crippen LogP contribution in [0.3, 0.4) is 0 Å². The third-order valence-electron chi connectivity index (χ3n) is 3.49. The van der Waals surface area contributed by atoms with Crippen molar-refractivity contribution in [3.05, 3.63) is 59.1 Å². The first-order valence-electron chi connectivity index (χ1n) is 7.86. The number of hydrogen-bond donors (Lipinski definition) is 1. The van der Waals surface area contributed by atoms with Gasteiger partial charge in [0.2, 0.25) is 0 Å². The number of halogens is 1. The van der Waals surface area contributed by atoms with Gasteiger partial charge in [-0.05, 0) is 49.7 Å². The second kappa shape index (κ2) is 9.01. The maximum Gasteiger partial charge on any atom is 0.260 e. The van der Waals surface area contributed by atoms with Gasteiger partial charge in [-0.1, -0.05) is 34.1 Å². The van der Waals surface area contributed by atoms with Gasteiger partial charge in [-0.25, -0.2) is 8.42 Å². The normalized spacial score (nSPS) is 12.4. The largest absolute Gasteiger partial charge is 0.481 e. The van der Waals surface area contributed by atoms with Gasteiger partial charge < -0.3 is 10.1 Å². The lowest BCUT2D eigenvalue weighted by Gasteiger charge is -2.14. The first-order chi connectivity index (χ1) is 11.9. The zero-order valence-corrected chi connectivity index (χ0v) is 16.2. The second-order valence-electron chi connectivity index (χ2n) is 5.49. The van der Waals surface area contributed by atoms with Crippen LogP contribution in [0.25, 0.3) is 0 Å². The summed E-state index contributed by atoms with van der Waals surface area (Å²) in [5, 5.41) is 2.70. The number of carbonyl (C=O) groups is 1. The summed E-state index contributed by atoms with van der Waals surface area (Å²) in [6.45, 7) is 1.93. The van der Waals surface area contributed by atoms with E-state index in [4.69, 9.17) is 4.74 Å². The molecule has 0 heterocycles. The van der Waals surface area contributed by atoms with Crippen LogP contribution < -0.4 is 10.1 Å². The zero-order chi connectivity index (χ0) is 18.3. The Morgan fingerprint density at radius 2 is 1.76 bits per heavy atom. The smallest absolute Gasteiger partial charge is 0.260 e. The van der Waals surface area contributed by atoms with Crippen molar-refractivity contribution in [1.29, 1.82) is 0 Å². The van der Waals surface area contributed by atoms with Crippen LogP contribution in [-0.2, 0) is 14.6 Å². The van der Waals surface area contributed by atoms with Crippen LogP contribution in [0.15, 0.2) is 64.0 Å². The molecule has 0 aliphatic rings. The van der Waals surface area contributed by atoms with Crippen molar-refractivity contribution in [2.45, 2.75) is 24.3 Å². The van der Waals surface area contributed by atoms with Crippen LogP contribution in [0.2, 0.25) is 0 Å². The van der Waals surface area contributed by atoms with Gasteiger partial charge in [-0.15, -0.1) is 0 Å². The van der Waals surface area contributed by atoms with E-state index < -0.39 is 15.9 Å². The fraction of sp³-hybridized carbons (Fsp3) is 0.278. The Morgan fingerprint density at radius 3 is 2.40 bits per heavy atom. The molecule has 0 spiro atoms. The quantitative estimate of drug-likeness (QED) is 0.659. The number of rotatable bonds is 8. The number of nitrogens with one attached hydrogen (secondary N) is 1. The Hall–Kier alpha value is -1.86. The summed E-state index contributed by atoms with van der Waals surface area (Å²) >= 11 is 3.33. The predicted octanol–water partition coefficient (Wildman–Crippen LogP) is 3.20. The molecule has 1 amide bonds. The minimum absolute atomic E-state index is 0.0146. The molecule has 1 atom stereocenters. The summed E-state index contributed by atoms with van der Waals surface area (Å²) in [6.07, 6.45) is -0.319. The molecule has 0 aliphatic carbocycles. The van der Waals surface area contributed by atoms with E-state index in [-0.39, 0.29) is 18.2 Å². The average Bonchev–Trinajstić information content (AvgIpc) is 2.61. The molecule has 134 valence electrons. The molecule has 7 heteroatoms. The molecule has 0 aliphatic heterocycles. The molecule has 2 rings (SSSR count). The van der Waals surface area contributed by atoms with Crippen molar-refractivity contribution < 1.29 is 17.9 Å². The minimum Gasteiger partial charge on any atom is -0.481 e. The van der Waals surface area contributed by atoms with Gasteiger partial charge in [-0.3, -0.25) is 4.79 Å². The monoisotopic (exact) mass is 425 g/mol. The van der Waals surface area contributed by atoms with E-state index in [0.29, 0.717) is 17.1 Å². The second-order valence-corrected chi connectivity index (χ2v) is 8.52. The Morgan fingerprint density at radius 1 is 1.12 bits per heavy atom. The van der Waals surface area contributed by atoms with Crippen LogP contribution >= 0.6 is 15.9 Å². The van der Waals surface area contributed by atoms with Gasteiger partial charge in [0, 0.05) is 11.0 Å². The average molecular weight is 426 g/mol. The highest BCUT2D eigenvalue weighted by atomic mass is 79.9. The van der Waals surface area contributed by atoms with Gasteiger partial charge in [0.15, 0.2) is 15.9 Å². The summed E-state index contributed by atoms with van der Waals surface area (Å²) in [4.78, 5) is 12.3. The number of carbonyl (C=O) groups excluding carboxylic acids is 1. The molecule has 0 bridgehead atoms. The van der Waals surface area contributed by atoms with E-state index in [1.165, 1.54) is 0 Å². The molecular weight excluding hydrogens is 406 g/mol. The Balaban J connectivity index is 1.75. The molecule has 1 unspecified atom stereocenters. The number of ether oxygens (including phenoxy) is 1. The molecule has 5 nitrogen and oxygen atoms in total. The highest BCUT2D eigenvalue weighted by molar-refractivity contribution is 9.10. The van der Waals surface area contributed by atoms with Crippen LogP contribution in [0.4, 0.5) is 0 Å². The van der Waals surface area contributed by atoms with Crippen molar-refractivity contribution in [2.75, 3.05) is 12.3 Å². The van der Waals surface area contributed by atoms with Gasteiger partial charge in [-0.2, -0.15) is 0 Å². The van der Waals surface area contributed by atoms with Crippen molar-refractivity contribution >= 4 is 31.7 Å². The highest BCUT2D eigenvalue weighted by Gasteiger charge is 2.16. The summed E-state index contributed by atoms with van der Waals surface area (Å²) in [5.41, 5.74) is 0. The molecule has 2 aromatic rings. The Labute approximate surface area is 156 Å². The van der Waals surface area contributed by atoms with Gasteiger partial charge in [0.1, 0.15) is 5.75 Å². The lowest BCUT2D eigenvalue weighted by atomic mass is 10.3. The first-order valence-corrected chi connectivity index (χ1v) is 10.3. The summed E-state index contributed by atoms with van der Waals surface area (Å²) < 4.78 is 30.8. The van der Waals surface area contributed by atoms with E-state index in [9.17, 15) is 13.2 Å². The predicted molar refractivity (Wildman–Crippen MR) is 100 cm³/mol. The van der Waals surface area contributed by atoms with Gasteiger partial charge in [0.25, 0.3) is 5.91 Å². The number of hydrogen-bond acceptors (Lipinski definition) is 4. The van der Waals surface area contributed by atoms with Crippen molar-refractivity contribution in [3.8, 4) is 5.75 Å². The van der Waals surface area contributed by atoms with Crippen LogP contribution in [0, 0.1) is 0 Å². The number of benzene rings is 2. The Bertz CT molecular complexity index is 792. The van der Waals surface area contributed by atoms with E-state index in [0.717, 1.165) is 4.47 Å². The molecule has 1 N–H and O–H groups in total. The molecule has 0 radical (unpaired) electrons. The SMILES string of the molecule is CC(Oc1ccc(Br)cc1)C(=O)NCCCS(=O)(=O)c1ccccc1. The molecule has 0 fully saturated rings. The molecule has 0 saturated carbocycles. The van der Waals surface area contributed by atoms with Crippen LogP contribution in [0.5, 0.6) is 5.75 Å². The third kappa shape index (κ3) is 6.17. The van der Waals surface area contributed by atoms with E-state index >= 15 is 0 Å². The topological polar surface area (TPSA) is 72.5 Å². The van der Waals surface area contributed by atoms with Crippen LogP contribution in [-0.4, -0.2) is 32.7 Å². The highest BCUT2D eigenvalue weighted by Crippen LogP contribution is 2.17. The Kier molecular flexibility index (Phi) is 7.01. The maximum absolute atomic E-state index is 12.1. The first kappa shape index (κ1) is 19.5. The van der Waals surface area contributed by atoms with E-state index in [2.05, 4.69) is 21.2 Å². The lowest BCUT2D eigenvalue weighted by Crippen LogP contribution is -2.37. The standard InChI is InChI=1S/C18H20BrNO4S/c1-14(24-16-10-8-15(19)9-11-16)18(21)20-12-5-13-25(22,23)17-6-3-2-4-7-17/h2-4,6-11,14H,5,12-13H2,1H3,(H,20,21). The molecule has 25 heavy (non-hydrogen) atoms. The fourth-order valence-electron chi connectivity index (χ4n) is 2.13. The zero-order valence-electron chi connectivity index (χ0n) is 13.8. The summed E-state index contributed by atoms with van der Waals surface area (Å²) in [5.74, 6) is 0.303. The van der Waals surface area contributed by atoms with Gasteiger partial charge >= 0.3 is 0 Å². The maximum atomic E-state index is 12.1. The third-order valence-corrected chi connectivity index (χ3v) is 5.83. The number of sulfone groups is 1. The van der Waals surface area contributed by atoms with Crippen molar-refractivity contribution in [1.82, 2.24) is 5.32 Å². The lowest BCUT2D eigenvalue weighted by molar-refractivity contribution is -0.127. The summed E-state index contributed by atoms with van der Waals surface area (Å²) in [6, 6.07) is 15.5. The fourth-order valence-corrected chi connectivity index (χ4v) is 3.73. The van der Waals surface area contributed by atoms with Crippen LogP contribution in [0.1, 0.15) is 13.3 Å². The van der Waals surface area contributed by atoms with Crippen molar-refractivity contribution in [2.24, 2.45) is 0 Å². The summed E-state index contributed by atoms with van der Waals surface area (Å²) in [7, 11) is -3.32.